The first-order valence-electron chi connectivity index (χ1n) is 11.4. The first-order chi connectivity index (χ1) is 15.9. The van der Waals surface area contributed by atoms with Gasteiger partial charge < -0.3 is 15.1 Å². The molecule has 0 bridgehead atoms. The molecule has 5 nitrogen and oxygen atoms in total. The van der Waals surface area contributed by atoms with Crippen molar-refractivity contribution in [3.63, 3.8) is 0 Å². The maximum absolute atomic E-state index is 13.5. The molecule has 1 atom stereocenters. The Hall–Kier alpha value is -3.12. The topological polar surface area (TPSA) is 52.7 Å². The molecule has 1 N–H and O–H groups in total. The Kier molecular flexibility index (Phi) is 8.66. The van der Waals surface area contributed by atoms with E-state index in [1.807, 2.05) is 80.3 Å². The van der Waals surface area contributed by atoms with Gasteiger partial charge in [0.1, 0.15) is 6.54 Å². The number of urea groups is 1. The third-order valence-electron chi connectivity index (χ3n) is 5.95. The van der Waals surface area contributed by atoms with Crippen molar-refractivity contribution in [3.8, 4) is 0 Å². The van der Waals surface area contributed by atoms with Crippen LogP contribution in [0.1, 0.15) is 41.8 Å². The third-order valence-corrected chi connectivity index (χ3v) is 6.96. The summed E-state index contributed by atoms with van der Waals surface area (Å²) in [4.78, 5) is 31.4. The predicted molar refractivity (Wildman–Crippen MR) is 136 cm³/mol. The van der Waals surface area contributed by atoms with Crippen molar-refractivity contribution >= 4 is 29.0 Å². The average Bonchev–Trinajstić information content (AvgIpc) is 3.22. The van der Waals surface area contributed by atoms with E-state index < -0.39 is 0 Å². The van der Waals surface area contributed by atoms with E-state index in [-0.39, 0.29) is 24.5 Å². The van der Waals surface area contributed by atoms with E-state index in [0.29, 0.717) is 13.1 Å². The minimum atomic E-state index is -0.251. The highest BCUT2D eigenvalue weighted by Crippen LogP contribution is 2.21. The Morgan fingerprint density at radius 3 is 2.27 bits per heavy atom. The van der Waals surface area contributed by atoms with Crippen molar-refractivity contribution in [3.05, 3.63) is 87.6 Å². The number of benzene rings is 2. The Bertz CT molecular complexity index is 1060. The Morgan fingerprint density at radius 2 is 1.64 bits per heavy atom. The lowest BCUT2D eigenvalue weighted by Gasteiger charge is -2.31. The van der Waals surface area contributed by atoms with Crippen LogP contribution in [0.4, 0.5) is 10.5 Å². The molecule has 6 heteroatoms. The first-order valence-corrected chi connectivity index (χ1v) is 12.2. The predicted octanol–water partition coefficient (Wildman–Crippen LogP) is 6.23. The number of carbonyl (C=O) groups excluding carboxylic acids is 2. The lowest BCUT2D eigenvalue weighted by atomic mass is 10.2. The zero-order valence-corrected chi connectivity index (χ0v) is 20.7. The maximum atomic E-state index is 13.5. The van der Waals surface area contributed by atoms with Gasteiger partial charge in [-0.1, -0.05) is 55.5 Å². The summed E-state index contributed by atoms with van der Waals surface area (Å²) < 4.78 is 0. The van der Waals surface area contributed by atoms with Gasteiger partial charge in [-0.2, -0.15) is 0 Å². The van der Waals surface area contributed by atoms with E-state index in [9.17, 15) is 9.59 Å². The van der Waals surface area contributed by atoms with E-state index in [0.717, 1.165) is 23.2 Å². The molecule has 0 fully saturated rings. The molecule has 174 valence electrons. The highest BCUT2D eigenvalue weighted by molar-refractivity contribution is 7.10. The van der Waals surface area contributed by atoms with Crippen LogP contribution in [0.3, 0.4) is 0 Å². The first kappa shape index (κ1) is 24.5. The normalized spacial score (nSPS) is 11.6. The fourth-order valence-electron chi connectivity index (χ4n) is 3.57. The molecular formula is C27H33N3O2S. The van der Waals surface area contributed by atoms with Crippen molar-refractivity contribution < 1.29 is 9.59 Å². The number of nitrogens with zero attached hydrogens (tertiary/aromatic N) is 2. The molecule has 0 saturated heterocycles. The van der Waals surface area contributed by atoms with Crippen LogP contribution in [0, 0.1) is 13.8 Å². The zero-order valence-electron chi connectivity index (χ0n) is 19.9. The number of carbonyl (C=O) groups is 2. The average molecular weight is 464 g/mol. The fourth-order valence-corrected chi connectivity index (χ4v) is 4.49. The minimum Gasteiger partial charge on any atom is -0.332 e. The summed E-state index contributed by atoms with van der Waals surface area (Å²) in [6.07, 6.45) is 0.761. The summed E-state index contributed by atoms with van der Waals surface area (Å²) in [5, 5.41) is 5.05. The zero-order chi connectivity index (χ0) is 23.8. The van der Waals surface area contributed by atoms with E-state index in [4.69, 9.17) is 0 Å². The van der Waals surface area contributed by atoms with Gasteiger partial charge in [-0.3, -0.25) is 4.79 Å². The maximum Gasteiger partial charge on any atom is 0.322 e. The molecule has 2 aromatic carbocycles. The van der Waals surface area contributed by atoms with Crippen molar-refractivity contribution in [2.24, 2.45) is 0 Å². The van der Waals surface area contributed by atoms with Crippen LogP contribution in [0.25, 0.3) is 0 Å². The summed E-state index contributed by atoms with van der Waals surface area (Å²) in [5.74, 6) is -0.0631. The van der Waals surface area contributed by atoms with Gasteiger partial charge in [-0.05, 0) is 61.4 Å². The van der Waals surface area contributed by atoms with Crippen LogP contribution in [0.2, 0.25) is 0 Å². The molecule has 0 aliphatic heterocycles. The van der Waals surface area contributed by atoms with Crippen molar-refractivity contribution in [1.82, 2.24) is 9.80 Å². The number of hydrogen-bond acceptors (Lipinski definition) is 3. The molecule has 0 aliphatic rings. The monoisotopic (exact) mass is 463 g/mol. The molecule has 3 rings (SSSR count). The van der Waals surface area contributed by atoms with Gasteiger partial charge in [0.05, 0.1) is 6.54 Å². The van der Waals surface area contributed by atoms with Crippen LogP contribution < -0.4 is 5.32 Å². The molecule has 0 radical (unpaired) electrons. The molecule has 1 unspecified atom stereocenters. The number of rotatable bonds is 9. The minimum absolute atomic E-state index is 0.0317. The van der Waals surface area contributed by atoms with E-state index in [2.05, 4.69) is 23.7 Å². The standard InChI is InChI=1S/C27H33N3O2S/c1-5-22(4)30(27(32)28-24-14-10-9-11-20(24)2)19-26(31)29(17-23-12-7-6-8-13-23)18-25-21(3)15-16-33-25/h6-16,22H,5,17-19H2,1-4H3,(H,28,32). The second-order valence-electron chi connectivity index (χ2n) is 8.39. The molecular weight excluding hydrogens is 430 g/mol. The second-order valence-corrected chi connectivity index (χ2v) is 9.39. The summed E-state index contributed by atoms with van der Waals surface area (Å²) in [6, 6.07) is 19.4. The lowest BCUT2D eigenvalue weighted by molar-refractivity contribution is -0.133. The molecule has 3 aromatic rings. The van der Waals surface area contributed by atoms with Crippen LogP contribution in [0.15, 0.2) is 66.0 Å². The number of nitrogens with one attached hydrogen (secondary N) is 1. The van der Waals surface area contributed by atoms with Gasteiger partial charge in [0.15, 0.2) is 0 Å². The van der Waals surface area contributed by atoms with Gasteiger partial charge in [-0.25, -0.2) is 4.79 Å². The molecule has 33 heavy (non-hydrogen) atoms. The summed E-state index contributed by atoms with van der Waals surface area (Å²) >= 11 is 1.66. The van der Waals surface area contributed by atoms with E-state index in [1.165, 1.54) is 10.4 Å². The Labute approximate surface area is 201 Å². The van der Waals surface area contributed by atoms with Gasteiger partial charge >= 0.3 is 6.03 Å². The quantitative estimate of drug-likeness (QED) is 0.409. The van der Waals surface area contributed by atoms with Crippen LogP contribution in [-0.2, 0) is 17.9 Å². The highest BCUT2D eigenvalue weighted by Gasteiger charge is 2.26. The Morgan fingerprint density at radius 1 is 0.939 bits per heavy atom. The second kappa shape index (κ2) is 11.7. The third kappa shape index (κ3) is 6.68. The van der Waals surface area contributed by atoms with E-state index in [1.54, 1.807) is 16.2 Å². The molecule has 1 heterocycles. The number of anilines is 1. The largest absolute Gasteiger partial charge is 0.332 e. The highest BCUT2D eigenvalue weighted by atomic mass is 32.1. The smallest absolute Gasteiger partial charge is 0.322 e. The fraction of sp³-hybridized carbons (Fsp3) is 0.333. The van der Waals surface area contributed by atoms with Crippen LogP contribution in [-0.4, -0.2) is 34.3 Å². The van der Waals surface area contributed by atoms with Gasteiger partial charge in [0, 0.05) is 23.2 Å². The number of thiophene rings is 1. The number of hydrogen-bond donors (Lipinski definition) is 1. The van der Waals surface area contributed by atoms with Crippen LogP contribution >= 0.6 is 11.3 Å². The molecule has 0 spiro atoms. The van der Waals surface area contributed by atoms with E-state index >= 15 is 0 Å². The number of para-hydroxylation sites is 1. The summed E-state index contributed by atoms with van der Waals surface area (Å²) in [6.45, 7) is 9.10. The summed E-state index contributed by atoms with van der Waals surface area (Å²) in [5.41, 5.74) is 4.00. The Balaban J connectivity index is 1.80. The SMILES string of the molecule is CCC(C)N(CC(=O)N(Cc1ccccc1)Cc1sccc1C)C(=O)Nc1ccccc1C. The van der Waals surface area contributed by atoms with Crippen molar-refractivity contribution in [2.45, 2.75) is 53.2 Å². The van der Waals surface area contributed by atoms with Gasteiger partial charge in [0.25, 0.3) is 0 Å². The molecule has 0 saturated carbocycles. The molecule has 1 aromatic heterocycles. The van der Waals surface area contributed by atoms with Gasteiger partial charge in [0.2, 0.25) is 5.91 Å². The molecule has 0 aliphatic carbocycles. The number of aryl methyl sites for hydroxylation is 2. The van der Waals surface area contributed by atoms with Crippen LogP contribution in [0.5, 0.6) is 0 Å². The van der Waals surface area contributed by atoms with Gasteiger partial charge in [-0.15, -0.1) is 11.3 Å². The molecule has 3 amide bonds. The lowest BCUT2D eigenvalue weighted by Crippen LogP contribution is -2.48. The summed E-state index contributed by atoms with van der Waals surface area (Å²) in [7, 11) is 0. The van der Waals surface area contributed by atoms with Crippen molar-refractivity contribution in [2.75, 3.05) is 11.9 Å². The van der Waals surface area contributed by atoms with Crippen molar-refractivity contribution in [1.29, 1.82) is 0 Å². The number of amides is 3.